The number of aliphatic carboxylic acids is 1. The van der Waals surface area contributed by atoms with Gasteiger partial charge in [-0.15, -0.1) is 11.3 Å². The van der Waals surface area contributed by atoms with E-state index in [1.54, 1.807) is 11.3 Å². The van der Waals surface area contributed by atoms with E-state index in [2.05, 4.69) is 39.2 Å². The van der Waals surface area contributed by atoms with Crippen LogP contribution >= 0.6 is 11.3 Å². The SMILES string of the molecule is O=C(O)C(F)(F)F.O=C1CCC(CNCc2cnc3ccsc3c2)(c2ccccc2)N1. The van der Waals surface area contributed by atoms with Gasteiger partial charge in [0, 0.05) is 25.7 Å². The van der Waals surface area contributed by atoms with Crippen molar-refractivity contribution in [2.75, 3.05) is 6.54 Å². The third kappa shape index (κ3) is 5.80. The molecule has 3 heterocycles. The van der Waals surface area contributed by atoms with Crippen molar-refractivity contribution in [2.45, 2.75) is 31.1 Å². The Morgan fingerprint density at radius 3 is 2.58 bits per heavy atom. The molecule has 1 saturated heterocycles. The lowest BCUT2D eigenvalue weighted by Crippen LogP contribution is -2.46. The van der Waals surface area contributed by atoms with Crippen LogP contribution < -0.4 is 10.6 Å². The van der Waals surface area contributed by atoms with Crippen molar-refractivity contribution in [1.29, 1.82) is 0 Å². The van der Waals surface area contributed by atoms with Crippen LogP contribution in [0.1, 0.15) is 24.0 Å². The molecule has 0 aliphatic carbocycles. The maximum atomic E-state index is 11.8. The standard InChI is InChI=1S/C19H19N3OS.C2HF3O2/c23-18-6-8-19(22-18,15-4-2-1-3-5-15)13-20-11-14-10-17-16(21-12-14)7-9-24-17;3-2(4,5)1(6)7/h1-5,7,9-10,12,20H,6,8,11,13H2,(H,22,23);(H,6,7). The van der Waals surface area contributed by atoms with Crippen LogP contribution in [0.3, 0.4) is 0 Å². The Labute approximate surface area is 180 Å². The molecule has 1 fully saturated rings. The van der Waals surface area contributed by atoms with E-state index in [9.17, 15) is 18.0 Å². The predicted molar refractivity (Wildman–Crippen MR) is 111 cm³/mol. The molecule has 3 aromatic rings. The van der Waals surface area contributed by atoms with Gasteiger partial charge in [-0.2, -0.15) is 13.2 Å². The lowest BCUT2D eigenvalue weighted by molar-refractivity contribution is -0.192. The zero-order valence-electron chi connectivity index (χ0n) is 16.3. The van der Waals surface area contributed by atoms with E-state index in [-0.39, 0.29) is 11.4 Å². The number of rotatable bonds is 5. The second-order valence-electron chi connectivity index (χ2n) is 7.05. The van der Waals surface area contributed by atoms with Crippen molar-refractivity contribution in [2.24, 2.45) is 0 Å². The van der Waals surface area contributed by atoms with Gasteiger partial charge in [0.15, 0.2) is 0 Å². The Kier molecular flexibility index (Phi) is 6.91. The highest BCUT2D eigenvalue weighted by atomic mass is 32.1. The largest absolute Gasteiger partial charge is 0.490 e. The number of halogens is 3. The van der Waals surface area contributed by atoms with Gasteiger partial charge in [0.1, 0.15) is 0 Å². The molecule has 2 aromatic heterocycles. The van der Waals surface area contributed by atoms with Crippen LogP contribution in [0.2, 0.25) is 0 Å². The molecular formula is C21H20F3N3O3S. The monoisotopic (exact) mass is 451 g/mol. The summed E-state index contributed by atoms with van der Waals surface area (Å²) >= 11 is 1.71. The minimum Gasteiger partial charge on any atom is -0.475 e. The number of benzene rings is 1. The highest BCUT2D eigenvalue weighted by molar-refractivity contribution is 7.17. The van der Waals surface area contributed by atoms with Gasteiger partial charge in [-0.1, -0.05) is 30.3 Å². The fourth-order valence-corrected chi connectivity index (χ4v) is 4.14. The Morgan fingerprint density at radius 2 is 1.97 bits per heavy atom. The Balaban J connectivity index is 0.000000339. The first-order chi connectivity index (χ1) is 14.7. The van der Waals surface area contributed by atoms with Gasteiger partial charge in [-0.3, -0.25) is 9.78 Å². The molecule has 164 valence electrons. The van der Waals surface area contributed by atoms with E-state index in [4.69, 9.17) is 9.90 Å². The number of carboxylic acid groups (broad SMARTS) is 1. The molecule has 0 radical (unpaired) electrons. The molecule has 0 saturated carbocycles. The van der Waals surface area contributed by atoms with Crippen LogP contribution in [-0.2, 0) is 21.7 Å². The van der Waals surface area contributed by atoms with Crippen molar-refractivity contribution >= 4 is 33.4 Å². The van der Waals surface area contributed by atoms with Gasteiger partial charge in [0.25, 0.3) is 0 Å². The molecule has 1 atom stereocenters. The number of pyridine rings is 1. The van der Waals surface area contributed by atoms with Crippen molar-refractivity contribution in [3.05, 3.63) is 65.2 Å². The molecule has 0 bridgehead atoms. The molecule has 0 spiro atoms. The summed E-state index contributed by atoms with van der Waals surface area (Å²) in [6.45, 7) is 1.45. The number of hydrogen-bond acceptors (Lipinski definition) is 5. The van der Waals surface area contributed by atoms with Gasteiger partial charge in [-0.05, 0) is 35.1 Å². The second-order valence-corrected chi connectivity index (χ2v) is 8.00. The van der Waals surface area contributed by atoms with Crippen LogP contribution in [0.15, 0.2) is 54.0 Å². The molecule has 1 aliphatic rings. The average molecular weight is 451 g/mol. The van der Waals surface area contributed by atoms with Crippen LogP contribution in [0, 0.1) is 0 Å². The summed E-state index contributed by atoms with van der Waals surface area (Å²) in [6.07, 6.45) is -1.76. The molecule has 10 heteroatoms. The lowest BCUT2D eigenvalue weighted by Gasteiger charge is -2.30. The number of fused-ring (bicyclic) bond motifs is 1. The van der Waals surface area contributed by atoms with E-state index in [1.807, 2.05) is 30.5 Å². The van der Waals surface area contributed by atoms with E-state index in [0.29, 0.717) is 13.0 Å². The summed E-state index contributed by atoms with van der Waals surface area (Å²) in [5, 5.41) is 15.9. The molecule has 1 aliphatic heterocycles. The van der Waals surface area contributed by atoms with Crippen molar-refractivity contribution in [3.8, 4) is 0 Å². The van der Waals surface area contributed by atoms with Crippen molar-refractivity contribution in [1.82, 2.24) is 15.6 Å². The fourth-order valence-electron chi connectivity index (χ4n) is 3.33. The maximum Gasteiger partial charge on any atom is 0.490 e. The number of thiophene rings is 1. The quantitative estimate of drug-likeness (QED) is 0.549. The second kappa shape index (κ2) is 9.44. The number of carbonyl (C=O) groups is 2. The first-order valence-electron chi connectivity index (χ1n) is 9.39. The van der Waals surface area contributed by atoms with Crippen LogP contribution in [0.4, 0.5) is 13.2 Å². The highest BCUT2D eigenvalue weighted by Gasteiger charge is 2.39. The Morgan fingerprint density at radius 1 is 1.26 bits per heavy atom. The third-order valence-electron chi connectivity index (χ3n) is 4.84. The summed E-state index contributed by atoms with van der Waals surface area (Å²) in [7, 11) is 0. The van der Waals surface area contributed by atoms with Gasteiger partial charge >= 0.3 is 12.1 Å². The third-order valence-corrected chi connectivity index (χ3v) is 5.69. The number of hydrogen-bond donors (Lipinski definition) is 3. The van der Waals surface area contributed by atoms with E-state index >= 15 is 0 Å². The number of nitrogens with one attached hydrogen (secondary N) is 2. The lowest BCUT2D eigenvalue weighted by atomic mass is 9.88. The normalized spacial score (nSPS) is 18.4. The number of nitrogens with zero attached hydrogens (tertiary/aromatic N) is 1. The molecular weight excluding hydrogens is 431 g/mol. The molecule has 3 N–H and O–H groups in total. The van der Waals surface area contributed by atoms with Crippen LogP contribution in [-0.4, -0.2) is 34.7 Å². The summed E-state index contributed by atoms with van der Waals surface area (Å²) in [6, 6.07) is 14.5. The predicted octanol–water partition coefficient (Wildman–Crippen LogP) is 3.82. The Hall–Kier alpha value is -2.98. The highest BCUT2D eigenvalue weighted by Crippen LogP contribution is 2.31. The average Bonchev–Trinajstić information content (AvgIpc) is 3.35. The van der Waals surface area contributed by atoms with Crippen molar-refractivity contribution in [3.63, 3.8) is 0 Å². The maximum absolute atomic E-state index is 11.8. The molecule has 1 unspecified atom stereocenters. The number of aromatic nitrogens is 1. The minimum atomic E-state index is -5.08. The zero-order valence-corrected chi connectivity index (χ0v) is 17.1. The molecule has 1 amide bonds. The van der Waals surface area contributed by atoms with E-state index in [0.717, 1.165) is 29.6 Å². The van der Waals surface area contributed by atoms with Crippen LogP contribution in [0.5, 0.6) is 0 Å². The van der Waals surface area contributed by atoms with Crippen molar-refractivity contribution < 1.29 is 27.9 Å². The Bertz CT molecular complexity index is 1060. The molecule has 31 heavy (non-hydrogen) atoms. The topological polar surface area (TPSA) is 91.3 Å². The van der Waals surface area contributed by atoms with E-state index < -0.39 is 12.1 Å². The number of amides is 1. The molecule has 1 aromatic carbocycles. The summed E-state index contributed by atoms with van der Waals surface area (Å²) in [5.41, 5.74) is 3.07. The van der Waals surface area contributed by atoms with Gasteiger partial charge in [-0.25, -0.2) is 4.79 Å². The summed E-state index contributed by atoms with van der Waals surface area (Å²) in [5.74, 6) is -2.63. The number of alkyl halides is 3. The molecule has 6 nitrogen and oxygen atoms in total. The first kappa shape index (κ1) is 22.7. The zero-order chi connectivity index (χ0) is 22.5. The smallest absolute Gasteiger partial charge is 0.475 e. The fraction of sp³-hybridized carbons (Fsp3) is 0.286. The van der Waals surface area contributed by atoms with Gasteiger partial charge < -0.3 is 15.7 Å². The number of carbonyl (C=O) groups excluding carboxylic acids is 1. The van der Waals surface area contributed by atoms with Crippen LogP contribution in [0.25, 0.3) is 10.2 Å². The minimum absolute atomic E-state index is 0.127. The molecule has 4 rings (SSSR count). The van der Waals surface area contributed by atoms with E-state index in [1.165, 1.54) is 4.70 Å². The number of carboxylic acids is 1. The summed E-state index contributed by atoms with van der Waals surface area (Å²) < 4.78 is 32.9. The van der Waals surface area contributed by atoms with Gasteiger partial charge in [0.05, 0.1) is 15.8 Å². The summed E-state index contributed by atoms with van der Waals surface area (Å²) in [4.78, 5) is 25.2. The first-order valence-corrected chi connectivity index (χ1v) is 10.3. The van der Waals surface area contributed by atoms with Gasteiger partial charge in [0.2, 0.25) is 5.91 Å².